The third kappa shape index (κ3) is 2.90. The molecule has 0 radical (unpaired) electrons. The molecule has 1 amide bonds. The Labute approximate surface area is 150 Å². The maximum absolute atomic E-state index is 13.0. The Morgan fingerprint density at radius 2 is 2.24 bits per heavy atom. The van der Waals surface area contributed by atoms with Crippen LogP contribution in [0.1, 0.15) is 23.5 Å². The minimum Gasteiger partial charge on any atom is -0.360 e. The minimum absolute atomic E-state index is 0.0841. The molecule has 0 saturated heterocycles. The maximum atomic E-state index is 13.0. The van der Waals surface area contributed by atoms with Crippen molar-refractivity contribution in [1.29, 1.82) is 0 Å². The molecule has 3 N–H and O–H groups in total. The maximum Gasteiger partial charge on any atom is 0.231 e. The lowest BCUT2D eigenvalue weighted by atomic mass is 9.98. The average Bonchev–Trinajstić information content (AvgIpc) is 3.17. The van der Waals surface area contributed by atoms with Crippen molar-refractivity contribution in [3.63, 3.8) is 0 Å². The molecule has 0 saturated carbocycles. The Hall–Kier alpha value is -2.37. The summed E-state index contributed by atoms with van der Waals surface area (Å²) in [6, 6.07) is 9.90. The summed E-state index contributed by atoms with van der Waals surface area (Å²) in [4.78, 5) is 22.1. The molecule has 6 heteroatoms. The van der Waals surface area contributed by atoms with Crippen LogP contribution in [0.4, 0.5) is 5.69 Å². The molecule has 3 aromatic rings. The lowest BCUT2D eigenvalue weighted by Gasteiger charge is -2.18. The number of para-hydroxylation sites is 1. The van der Waals surface area contributed by atoms with Gasteiger partial charge in [0.25, 0.3) is 0 Å². The number of amides is 1. The van der Waals surface area contributed by atoms with Gasteiger partial charge in [-0.2, -0.15) is 0 Å². The molecule has 1 atom stereocenters. The summed E-state index contributed by atoms with van der Waals surface area (Å²) in [5.41, 5.74) is 9.79. The molecular formula is C19H19ClN4O. The molecule has 0 aliphatic carbocycles. The fourth-order valence-electron chi connectivity index (χ4n) is 3.64. The number of hydrogen-bond donors (Lipinski definition) is 2. The van der Waals surface area contributed by atoms with Crippen LogP contribution in [0.25, 0.3) is 10.9 Å². The smallest absolute Gasteiger partial charge is 0.231 e. The summed E-state index contributed by atoms with van der Waals surface area (Å²) >= 11 is 6.00. The second kappa shape index (κ2) is 6.50. The Bertz CT molecular complexity index is 936. The van der Waals surface area contributed by atoms with Crippen molar-refractivity contribution >= 4 is 34.1 Å². The first-order chi connectivity index (χ1) is 12.2. The summed E-state index contributed by atoms with van der Waals surface area (Å²) in [7, 11) is 0. The number of halogens is 1. The average molecular weight is 355 g/mol. The van der Waals surface area contributed by atoms with Crippen molar-refractivity contribution in [1.82, 2.24) is 9.97 Å². The SMILES string of the molecule is NCCC1CN(C(=O)Cc2c[nH]c3cnc(Cl)cc23)c2ccccc21. The number of aromatic nitrogens is 2. The van der Waals surface area contributed by atoms with Crippen molar-refractivity contribution in [2.75, 3.05) is 18.0 Å². The van der Waals surface area contributed by atoms with Gasteiger partial charge < -0.3 is 15.6 Å². The fraction of sp³-hybridized carbons (Fsp3) is 0.263. The molecular weight excluding hydrogens is 336 g/mol. The van der Waals surface area contributed by atoms with E-state index in [0.29, 0.717) is 30.6 Å². The Kier molecular flexibility index (Phi) is 4.19. The highest BCUT2D eigenvalue weighted by molar-refractivity contribution is 6.30. The van der Waals surface area contributed by atoms with Crippen LogP contribution >= 0.6 is 11.6 Å². The van der Waals surface area contributed by atoms with Crippen molar-refractivity contribution in [2.24, 2.45) is 5.73 Å². The molecule has 4 rings (SSSR count). The summed E-state index contributed by atoms with van der Waals surface area (Å²) < 4.78 is 0. The standard InChI is InChI=1S/C19H19ClN4O/c20-18-8-15-13(9-22-16(15)10-23-18)7-19(25)24-11-12(5-6-21)14-3-1-2-4-17(14)24/h1-4,8-10,12,22H,5-7,11,21H2. The topological polar surface area (TPSA) is 75.0 Å². The fourth-order valence-corrected chi connectivity index (χ4v) is 3.80. The third-order valence-electron chi connectivity index (χ3n) is 4.85. The van der Waals surface area contributed by atoms with Crippen molar-refractivity contribution < 1.29 is 4.79 Å². The molecule has 25 heavy (non-hydrogen) atoms. The molecule has 0 fully saturated rings. The number of rotatable bonds is 4. The monoisotopic (exact) mass is 354 g/mol. The van der Waals surface area contributed by atoms with Gasteiger partial charge in [-0.3, -0.25) is 4.79 Å². The molecule has 1 aliphatic heterocycles. The Morgan fingerprint density at radius 1 is 1.40 bits per heavy atom. The number of carbonyl (C=O) groups is 1. The number of H-pyrrole nitrogens is 1. The molecule has 2 aromatic heterocycles. The van der Waals surface area contributed by atoms with Crippen LogP contribution in [0.15, 0.2) is 42.7 Å². The van der Waals surface area contributed by atoms with Crippen LogP contribution in [0.3, 0.4) is 0 Å². The van der Waals surface area contributed by atoms with E-state index in [1.807, 2.05) is 29.3 Å². The third-order valence-corrected chi connectivity index (χ3v) is 5.05. The van der Waals surface area contributed by atoms with E-state index in [0.717, 1.165) is 28.6 Å². The number of nitrogens with two attached hydrogens (primary N) is 1. The summed E-state index contributed by atoms with van der Waals surface area (Å²) in [5.74, 6) is 0.396. The normalized spacial score (nSPS) is 16.4. The van der Waals surface area contributed by atoms with Gasteiger partial charge in [-0.1, -0.05) is 29.8 Å². The number of pyridine rings is 1. The number of hydrogen-bond acceptors (Lipinski definition) is 3. The molecule has 5 nitrogen and oxygen atoms in total. The van der Waals surface area contributed by atoms with Crippen LogP contribution in [-0.2, 0) is 11.2 Å². The predicted octanol–water partition coefficient (Wildman–Crippen LogP) is 3.24. The molecule has 1 aliphatic rings. The van der Waals surface area contributed by atoms with E-state index in [9.17, 15) is 4.79 Å². The number of carbonyl (C=O) groups excluding carboxylic acids is 1. The number of nitrogens with zero attached hydrogens (tertiary/aromatic N) is 2. The van der Waals surface area contributed by atoms with Gasteiger partial charge in [-0.05, 0) is 36.2 Å². The van der Waals surface area contributed by atoms with E-state index < -0.39 is 0 Å². The van der Waals surface area contributed by atoms with E-state index in [1.54, 1.807) is 12.3 Å². The van der Waals surface area contributed by atoms with Crippen LogP contribution in [0.2, 0.25) is 5.15 Å². The lowest BCUT2D eigenvalue weighted by molar-refractivity contribution is -0.117. The predicted molar refractivity (Wildman–Crippen MR) is 100 cm³/mol. The summed E-state index contributed by atoms with van der Waals surface area (Å²) in [6.45, 7) is 1.31. The highest BCUT2D eigenvalue weighted by Crippen LogP contribution is 2.38. The molecule has 0 bridgehead atoms. The van der Waals surface area contributed by atoms with E-state index in [2.05, 4.69) is 16.0 Å². The highest BCUT2D eigenvalue weighted by atomic mass is 35.5. The van der Waals surface area contributed by atoms with Gasteiger partial charge in [0.05, 0.1) is 18.1 Å². The van der Waals surface area contributed by atoms with Crippen LogP contribution in [0, 0.1) is 0 Å². The molecule has 3 heterocycles. The molecule has 0 spiro atoms. The highest BCUT2D eigenvalue weighted by Gasteiger charge is 2.31. The van der Waals surface area contributed by atoms with Gasteiger partial charge in [0.15, 0.2) is 0 Å². The zero-order chi connectivity index (χ0) is 17.4. The van der Waals surface area contributed by atoms with Gasteiger partial charge in [0.1, 0.15) is 5.15 Å². The minimum atomic E-state index is 0.0841. The van der Waals surface area contributed by atoms with Gasteiger partial charge >= 0.3 is 0 Å². The second-order valence-electron chi connectivity index (χ2n) is 6.38. The molecule has 128 valence electrons. The first-order valence-corrected chi connectivity index (χ1v) is 8.76. The largest absolute Gasteiger partial charge is 0.360 e. The van der Waals surface area contributed by atoms with E-state index >= 15 is 0 Å². The number of benzene rings is 1. The Balaban J connectivity index is 1.62. The summed E-state index contributed by atoms with van der Waals surface area (Å²) in [5, 5.41) is 1.37. The van der Waals surface area contributed by atoms with Crippen molar-refractivity contribution in [3.05, 3.63) is 59.0 Å². The van der Waals surface area contributed by atoms with Crippen molar-refractivity contribution in [2.45, 2.75) is 18.8 Å². The van der Waals surface area contributed by atoms with Crippen LogP contribution < -0.4 is 10.6 Å². The quantitative estimate of drug-likeness (QED) is 0.706. The van der Waals surface area contributed by atoms with E-state index in [4.69, 9.17) is 17.3 Å². The van der Waals surface area contributed by atoms with Gasteiger partial charge in [-0.25, -0.2) is 4.98 Å². The first-order valence-electron chi connectivity index (χ1n) is 8.38. The van der Waals surface area contributed by atoms with Crippen molar-refractivity contribution in [3.8, 4) is 0 Å². The van der Waals surface area contributed by atoms with E-state index in [-0.39, 0.29) is 5.91 Å². The molecule has 1 unspecified atom stereocenters. The van der Waals surface area contributed by atoms with Crippen LogP contribution in [0.5, 0.6) is 0 Å². The van der Waals surface area contributed by atoms with Gasteiger partial charge in [-0.15, -0.1) is 0 Å². The Morgan fingerprint density at radius 3 is 3.08 bits per heavy atom. The molecule has 1 aromatic carbocycles. The van der Waals surface area contributed by atoms with Crippen LogP contribution in [-0.4, -0.2) is 29.0 Å². The number of fused-ring (bicyclic) bond motifs is 2. The lowest BCUT2D eigenvalue weighted by Crippen LogP contribution is -2.31. The second-order valence-corrected chi connectivity index (χ2v) is 6.77. The van der Waals surface area contributed by atoms with E-state index in [1.165, 1.54) is 5.56 Å². The zero-order valence-corrected chi connectivity index (χ0v) is 14.5. The van der Waals surface area contributed by atoms with Gasteiger partial charge in [0.2, 0.25) is 5.91 Å². The number of nitrogens with one attached hydrogen (secondary N) is 1. The zero-order valence-electron chi connectivity index (χ0n) is 13.7. The number of anilines is 1. The van der Waals surface area contributed by atoms with Gasteiger partial charge in [0, 0.05) is 29.7 Å². The number of aromatic amines is 1. The first kappa shape index (κ1) is 16.1. The summed E-state index contributed by atoms with van der Waals surface area (Å²) in [6.07, 6.45) is 4.76.